The molecule has 1 fully saturated rings. The second-order valence-electron chi connectivity index (χ2n) is 4.52. The van der Waals surface area contributed by atoms with Gasteiger partial charge in [0.2, 0.25) is 0 Å². The van der Waals surface area contributed by atoms with Gasteiger partial charge in [-0.25, -0.2) is 9.98 Å². The molecule has 0 bridgehead atoms. The third kappa shape index (κ3) is 2.96. The number of hydrogen-bond acceptors (Lipinski definition) is 3. The maximum Gasteiger partial charge on any atom is 0.157 e. The molecule has 0 aromatic heterocycles. The van der Waals surface area contributed by atoms with Gasteiger partial charge >= 0.3 is 0 Å². The number of nitrogens with zero attached hydrogens (tertiary/aromatic N) is 4. The molecule has 0 aromatic rings. The maximum atomic E-state index is 4.56. The van der Waals surface area contributed by atoms with Crippen LogP contribution in [0, 0.1) is 0 Å². The molecule has 0 amide bonds. The van der Waals surface area contributed by atoms with E-state index in [1.54, 1.807) is 0 Å². The van der Waals surface area contributed by atoms with E-state index in [1.807, 2.05) is 24.2 Å². The lowest BCUT2D eigenvalue weighted by molar-refractivity contribution is 0.341. The highest BCUT2D eigenvalue weighted by atomic mass is 15.2. The van der Waals surface area contributed by atoms with E-state index in [9.17, 15) is 0 Å². The summed E-state index contributed by atoms with van der Waals surface area (Å²) < 4.78 is 0. The Hall–Kier alpha value is -1.58. The molecule has 0 spiro atoms. The minimum Gasteiger partial charge on any atom is -0.360 e. The van der Waals surface area contributed by atoms with Gasteiger partial charge in [0.1, 0.15) is 11.7 Å². The summed E-state index contributed by atoms with van der Waals surface area (Å²) in [6.07, 6.45) is 7.74. The van der Waals surface area contributed by atoms with Crippen molar-refractivity contribution >= 4 is 11.7 Å². The van der Waals surface area contributed by atoms with E-state index in [0.717, 1.165) is 30.6 Å². The van der Waals surface area contributed by atoms with E-state index >= 15 is 0 Å². The molecule has 92 valence electrons. The molecule has 4 nitrogen and oxygen atoms in total. The van der Waals surface area contributed by atoms with Gasteiger partial charge in [-0.15, -0.1) is 0 Å². The molecular formula is C13H20N4. The van der Waals surface area contributed by atoms with Crippen LogP contribution in [-0.4, -0.2) is 41.6 Å². The van der Waals surface area contributed by atoms with Crippen LogP contribution in [0.2, 0.25) is 0 Å². The van der Waals surface area contributed by atoms with Gasteiger partial charge in [0.05, 0.1) is 0 Å². The fourth-order valence-corrected chi connectivity index (χ4v) is 2.03. The van der Waals surface area contributed by atoms with E-state index in [4.69, 9.17) is 0 Å². The van der Waals surface area contributed by atoms with Gasteiger partial charge in [-0.2, -0.15) is 0 Å². The zero-order valence-corrected chi connectivity index (χ0v) is 10.7. The number of hydrogen-bond donors (Lipinski definition) is 0. The molecule has 0 N–H and O–H groups in total. The topological polar surface area (TPSA) is 31.2 Å². The molecule has 2 heterocycles. The predicted molar refractivity (Wildman–Crippen MR) is 72.0 cm³/mol. The Morgan fingerprint density at radius 3 is 2.71 bits per heavy atom. The largest absolute Gasteiger partial charge is 0.360 e. The van der Waals surface area contributed by atoms with Crippen molar-refractivity contribution in [1.82, 2.24) is 9.80 Å². The van der Waals surface area contributed by atoms with Crippen molar-refractivity contribution in [3.63, 3.8) is 0 Å². The van der Waals surface area contributed by atoms with E-state index < -0.39 is 0 Å². The van der Waals surface area contributed by atoms with E-state index in [2.05, 4.69) is 28.4 Å². The second kappa shape index (κ2) is 5.17. The van der Waals surface area contributed by atoms with Crippen LogP contribution in [0.3, 0.4) is 0 Å². The summed E-state index contributed by atoms with van der Waals surface area (Å²) in [6, 6.07) is 0. The van der Waals surface area contributed by atoms with Crippen LogP contribution in [0.15, 0.2) is 34.7 Å². The van der Waals surface area contributed by atoms with Crippen molar-refractivity contribution in [3.05, 3.63) is 24.7 Å². The minimum atomic E-state index is 0.734. The van der Waals surface area contributed by atoms with Crippen molar-refractivity contribution in [2.45, 2.75) is 26.2 Å². The third-order valence-electron chi connectivity index (χ3n) is 3.19. The highest BCUT2D eigenvalue weighted by Crippen LogP contribution is 2.11. The molecule has 4 heteroatoms. The molecule has 0 aliphatic carbocycles. The monoisotopic (exact) mass is 232 g/mol. The maximum absolute atomic E-state index is 4.56. The first-order valence-electron chi connectivity index (χ1n) is 6.16. The van der Waals surface area contributed by atoms with Crippen molar-refractivity contribution in [2.24, 2.45) is 9.98 Å². The quantitative estimate of drug-likeness (QED) is 0.473. The molecule has 0 saturated carbocycles. The van der Waals surface area contributed by atoms with Crippen molar-refractivity contribution in [1.29, 1.82) is 0 Å². The summed E-state index contributed by atoms with van der Waals surface area (Å²) in [4.78, 5) is 13.1. The molecule has 17 heavy (non-hydrogen) atoms. The predicted octanol–water partition coefficient (Wildman–Crippen LogP) is 2.22. The van der Waals surface area contributed by atoms with Gasteiger partial charge in [0.15, 0.2) is 5.84 Å². The zero-order valence-electron chi connectivity index (χ0n) is 10.7. The van der Waals surface area contributed by atoms with Crippen LogP contribution in [-0.2, 0) is 0 Å². The average Bonchev–Trinajstić information content (AvgIpc) is 2.35. The first kappa shape index (κ1) is 11.9. The van der Waals surface area contributed by atoms with Gasteiger partial charge in [-0.05, 0) is 32.3 Å². The molecule has 0 aromatic carbocycles. The van der Waals surface area contributed by atoms with Gasteiger partial charge < -0.3 is 9.80 Å². The summed E-state index contributed by atoms with van der Waals surface area (Å²) >= 11 is 0. The number of likely N-dealkylation sites (tertiary alicyclic amines) is 1. The SMILES string of the molecule is C=C1N=C(N=C(C)N2CCCCC2)C=CN1C. The summed E-state index contributed by atoms with van der Waals surface area (Å²) in [5.41, 5.74) is 0. The Morgan fingerprint density at radius 1 is 1.35 bits per heavy atom. The molecule has 2 rings (SSSR count). The average molecular weight is 232 g/mol. The Morgan fingerprint density at radius 2 is 2.06 bits per heavy atom. The first-order chi connectivity index (χ1) is 8.16. The molecule has 2 aliphatic heterocycles. The minimum absolute atomic E-state index is 0.734. The van der Waals surface area contributed by atoms with Crippen molar-refractivity contribution < 1.29 is 0 Å². The van der Waals surface area contributed by atoms with E-state index in [-0.39, 0.29) is 0 Å². The van der Waals surface area contributed by atoms with Crippen LogP contribution in [0.25, 0.3) is 0 Å². The summed E-state index contributed by atoms with van der Waals surface area (Å²) in [5, 5.41) is 0. The summed E-state index contributed by atoms with van der Waals surface area (Å²) in [6.45, 7) is 8.16. The molecule has 2 aliphatic rings. The lowest BCUT2D eigenvalue weighted by atomic mass is 10.1. The van der Waals surface area contributed by atoms with Crippen molar-refractivity contribution in [2.75, 3.05) is 20.1 Å². The summed E-state index contributed by atoms with van der Waals surface area (Å²) in [7, 11) is 1.93. The Kier molecular flexibility index (Phi) is 3.61. The van der Waals surface area contributed by atoms with Crippen LogP contribution in [0.4, 0.5) is 0 Å². The van der Waals surface area contributed by atoms with Gasteiger partial charge in [0, 0.05) is 26.3 Å². The molecule has 0 unspecified atom stereocenters. The number of aliphatic imine (C=N–C) groups is 2. The molecular weight excluding hydrogens is 212 g/mol. The van der Waals surface area contributed by atoms with Crippen molar-refractivity contribution in [3.8, 4) is 0 Å². The van der Waals surface area contributed by atoms with Crippen LogP contribution in [0.1, 0.15) is 26.2 Å². The lowest BCUT2D eigenvalue weighted by Crippen LogP contribution is -2.34. The summed E-state index contributed by atoms with van der Waals surface area (Å²) in [5.74, 6) is 2.54. The standard InChI is InChI=1S/C13H20N4/c1-11-14-13(7-10-16(11)3)15-12(2)17-8-5-4-6-9-17/h7,10H,1,4-6,8-9H2,2-3H3. The van der Waals surface area contributed by atoms with Gasteiger partial charge in [-0.1, -0.05) is 6.58 Å². The van der Waals surface area contributed by atoms with Gasteiger partial charge in [-0.3, -0.25) is 0 Å². The molecule has 0 atom stereocenters. The molecule has 1 saturated heterocycles. The number of amidine groups is 2. The third-order valence-corrected chi connectivity index (χ3v) is 3.19. The number of piperidine rings is 1. The Labute approximate surface area is 103 Å². The fourth-order valence-electron chi connectivity index (χ4n) is 2.03. The van der Waals surface area contributed by atoms with Gasteiger partial charge in [0.25, 0.3) is 0 Å². The van der Waals surface area contributed by atoms with E-state index in [1.165, 1.54) is 19.3 Å². The normalized spacial score (nSPS) is 21.9. The lowest BCUT2D eigenvalue weighted by Gasteiger charge is -2.28. The second-order valence-corrected chi connectivity index (χ2v) is 4.52. The first-order valence-corrected chi connectivity index (χ1v) is 6.16. The fraction of sp³-hybridized carbons (Fsp3) is 0.538. The van der Waals surface area contributed by atoms with Crippen LogP contribution < -0.4 is 0 Å². The Bertz CT molecular complexity index is 386. The highest BCUT2D eigenvalue weighted by molar-refractivity contribution is 6.02. The number of rotatable bonds is 0. The van der Waals surface area contributed by atoms with Crippen LogP contribution in [0.5, 0.6) is 0 Å². The Balaban J connectivity index is 2.06. The van der Waals surface area contributed by atoms with E-state index in [0.29, 0.717) is 0 Å². The van der Waals surface area contributed by atoms with Crippen LogP contribution >= 0.6 is 0 Å². The smallest absolute Gasteiger partial charge is 0.157 e. The zero-order chi connectivity index (χ0) is 12.3. The highest BCUT2D eigenvalue weighted by Gasteiger charge is 2.12. The molecule has 0 radical (unpaired) electrons.